The van der Waals surface area contributed by atoms with Crippen LogP contribution in [0.3, 0.4) is 0 Å². The zero-order valence-corrected chi connectivity index (χ0v) is 22.4. The van der Waals surface area contributed by atoms with Crippen LogP contribution in [0.2, 0.25) is 0 Å². The minimum absolute atomic E-state index is 0.417. The van der Waals surface area contributed by atoms with Crippen LogP contribution in [-0.2, 0) is 12.8 Å². The van der Waals surface area contributed by atoms with Crippen molar-refractivity contribution in [3.05, 3.63) is 90.0 Å². The summed E-state index contributed by atoms with van der Waals surface area (Å²) in [5.74, 6) is 1.36. The molecule has 0 spiro atoms. The largest absolute Gasteiger partial charge is 0.423 e. The Morgan fingerprint density at radius 3 is 1.55 bits per heavy atom. The molecule has 0 bridgehead atoms. The predicted molar refractivity (Wildman–Crippen MR) is 151 cm³/mol. The highest BCUT2D eigenvalue weighted by molar-refractivity contribution is 5.91. The molecule has 2 heterocycles. The zero-order chi connectivity index (χ0) is 26.6. The van der Waals surface area contributed by atoms with Gasteiger partial charge in [0.2, 0.25) is 0 Å². The van der Waals surface area contributed by atoms with Crippen molar-refractivity contribution >= 4 is 5.97 Å². The second-order valence-corrected chi connectivity index (χ2v) is 9.59. The number of carbonyl (C=O) groups is 1. The molecule has 0 atom stereocenters. The topological polar surface area (TPSA) is 77.9 Å². The molecule has 196 valence electrons. The molecule has 0 amide bonds. The van der Waals surface area contributed by atoms with Crippen LogP contribution in [0.15, 0.2) is 73.3 Å². The number of hydrogen-bond donors (Lipinski definition) is 0. The van der Waals surface area contributed by atoms with E-state index in [1.54, 1.807) is 24.3 Å². The van der Waals surface area contributed by atoms with Crippen molar-refractivity contribution in [3.8, 4) is 28.5 Å². The van der Waals surface area contributed by atoms with Gasteiger partial charge in [0.15, 0.2) is 11.6 Å². The molecule has 6 nitrogen and oxygen atoms in total. The molecule has 0 aliphatic heterocycles. The minimum atomic E-state index is -0.417. The fraction of sp³-hybridized carbons (Fsp3) is 0.344. The standard InChI is InChI=1S/C32H36N4O2/c1-3-5-7-9-11-25-22-35-31(36-23-25)27-16-18-29(19-17-27)38-32(37)28-14-12-26(13-15-28)30-33-20-24(21-34-30)10-8-6-4-2/h12-23H,3-11H2,1-2H3. The Hall–Kier alpha value is -3.93. The van der Waals surface area contributed by atoms with Crippen LogP contribution in [0.4, 0.5) is 0 Å². The summed E-state index contributed by atoms with van der Waals surface area (Å²) in [4.78, 5) is 30.7. The maximum absolute atomic E-state index is 12.7. The van der Waals surface area contributed by atoms with E-state index < -0.39 is 5.97 Å². The summed E-state index contributed by atoms with van der Waals surface area (Å²) in [5, 5.41) is 0. The van der Waals surface area contributed by atoms with E-state index in [-0.39, 0.29) is 0 Å². The SMILES string of the molecule is CCCCCCc1cnc(-c2ccc(OC(=O)c3ccc(-c4ncc(CCCCC)cn4)cc3)cc2)nc1. The highest BCUT2D eigenvalue weighted by atomic mass is 16.5. The summed E-state index contributed by atoms with van der Waals surface area (Å²) in [5.41, 5.74) is 4.51. The van der Waals surface area contributed by atoms with Crippen molar-refractivity contribution in [3.63, 3.8) is 0 Å². The van der Waals surface area contributed by atoms with Crippen LogP contribution in [0, 0.1) is 0 Å². The molecule has 0 saturated heterocycles. The molecule has 0 fully saturated rings. The number of nitrogens with zero attached hydrogens (tertiary/aromatic N) is 4. The summed E-state index contributed by atoms with van der Waals surface area (Å²) in [6.07, 6.45) is 18.1. The van der Waals surface area contributed by atoms with E-state index in [4.69, 9.17) is 4.74 Å². The number of hydrogen-bond acceptors (Lipinski definition) is 6. The van der Waals surface area contributed by atoms with E-state index in [1.165, 1.54) is 38.5 Å². The Morgan fingerprint density at radius 2 is 1.05 bits per heavy atom. The first-order chi connectivity index (χ1) is 18.7. The number of unbranched alkanes of at least 4 members (excludes halogenated alkanes) is 5. The third-order valence-electron chi connectivity index (χ3n) is 6.50. The Bertz CT molecular complexity index is 1270. The van der Waals surface area contributed by atoms with Crippen LogP contribution in [0.25, 0.3) is 22.8 Å². The number of aromatic nitrogens is 4. The molecule has 0 aliphatic carbocycles. The smallest absolute Gasteiger partial charge is 0.343 e. The van der Waals surface area contributed by atoms with E-state index in [9.17, 15) is 4.79 Å². The van der Waals surface area contributed by atoms with E-state index in [0.29, 0.717) is 23.0 Å². The van der Waals surface area contributed by atoms with Gasteiger partial charge in [-0.1, -0.05) is 58.1 Å². The number of aryl methyl sites for hydroxylation is 2. The summed E-state index contributed by atoms with van der Waals surface area (Å²) in [7, 11) is 0. The highest BCUT2D eigenvalue weighted by Gasteiger charge is 2.11. The molecule has 0 saturated carbocycles. The van der Waals surface area contributed by atoms with E-state index in [1.807, 2.05) is 49.1 Å². The molecule has 4 aromatic rings. The molecular formula is C32H36N4O2. The van der Waals surface area contributed by atoms with Gasteiger partial charge in [0.05, 0.1) is 5.56 Å². The van der Waals surface area contributed by atoms with Crippen LogP contribution in [-0.4, -0.2) is 25.9 Å². The maximum Gasteiger partial charge on any atom is 0.343 e. The van der Waals surface area contributed by atoms with Crippen molar-refractivity contribution in [1.82, 2.24) is 19.9 Å². The Labute approximate surface area is 225 Å². The normalized spacial score (nSPS) is 10.9. The van der Waals surface area contributed by atoms with Gasteiger partial charge in [-0.05, 0) is 73.2 Å². The number of benzene rings is 2. The third-order valence-corrected chi connectivity index (χ3v) is 6.50. The number of carbonyl (C=O) groups excluding carboxylic acids is 1. The Kier molecular flexibility index (Phi) is 10.1. The molecule has 2 aromatic heterocycles. The fourth-order valence-corrected chi connectivity index (χ4v) is 4.19. The van der Waals surface area contributed by atoms with Gasteiger partial charge in [-0.15, -0.1) is 0 Å². The van der Waals surface area contributed by atoms with Gasteiger partial charge in [-0.2, -0.15) is 0 Å². The first-order valence-corrected chi connectivity index (χ1v) is 13.7. The average molecular weight is 509 g/mol. The predicted octanol–water partition coefficient (Wildman–Crippen LogP) is 7.68. The van der Waals surface area contributed by atoms with E-state index in [0.717, 1.165) is 41.5 Å². The first-order valence-electron chi connectivity index (χ1n) is 13.7. The van der Waals surface area contributed by atoms with Crippen LogP contribution in [0.1, 0.15) is 80.3 Å². The Balaban J connectivity index is 1.31. The van der Waals surface area contributed by atoms with Gasteiger partial charge in [0.25, 0.3) is 0 Å². The fourth-order valence-electron chi connectivity index (χ4n) is 4.19. The van der Waals surface area contributed by atoms with Crippen molar-refractivity contribution in [2.75, 3.05) is 0 Å². The summed E-state index contributed by atoms with van der Waals surface area (Å²) < 4.78 is 5.57. The monoisotopic (exact) mass is 508 g/mol. The lowest BCUT2D eigenvalue weighted by atomic mass is 10.1. The molecular weight excluding hydrogens is 472 g/mol. The van der Waals surface area contributed by atoms with Gasteiger partial charge in [-0.25, -0.2) is 24.7 Å². The minimum Gasteiger partial charge on any atom is -0.423 e. The van der Waals surface area contributed by atoms with Crippen LogP contribution < -0.4 is 4.74 Å². The van der Waals surface area contributed by atoms with Gasteiger partial charge in [0.1, 0.15) is 5.75 Å². The first kappa shape index (κ1) is 27.1. The molecule has 0 radical (unpaired) electrons. The van der Waals surface area contributed by atoms with Crippen molar-refractivity contribution in [1.29, 1.82) is 0 Å². The van der Waals surface area contributed by atoms with Crippen molar-refractivity contribution in [2.45, 2.75) is 71.6 Å². The second-order valence-electron chi connectivity index (χ2n) is 9.59. The molecule has 6 heteroatoms. The summed E-state index contributed by atoms with van der Waals surface area (Å²) in [6.45, 7) is 4.41. The molecule has 4 rings (SSSR count). The van der Waals surface area contributed by atoms with Gasteiger partial charge < -0.3 is 4.74 Å². The lowest BCUT2D eigenvalue weighted by Gasteiger charge is -2.07. The Morgan fingerprint density at radius 1 is 0.605 bits per heavy atom. The summed E-state index contributed by atoms with van der Waals surface area (Å²) in [6, 6.07) is 14.4. The molecule has 0 aliphatic rings. The number of ether oxygens (including phenoxy) is 1. The molecule has 2 aromatic carbocycles. The highest BCUT2D eigenvalue weighted by Crippen LogP contribution is 2.22. The average Bonchev–Trinajstić information content (AvgIpc) is 2.97. The molecule has 0 N–H and O–H groups in total. The van der Waals surface area contributed by atoms with Gasteiger partial charge in [-0.3, -0.25) is 0 Å². The van der Waals surface area contributed by atoms with Gasteiger partial charge in [0, 0.05) is 35.9 Å². The van der Waals surface area contributed by atoms with Gasteiger partial charge >= 0.3 is 5.97 Å². The second kappa shape index (κ2) is 14.1. The third kappa shape index (κ3) is 7.78. The molecule has 0 unspecified atom stereocenters. The number of rotatable bonds is 13. The lowest BCUT2D eigenvalue weighted by molar-refractivity contribution is 0.0735. The zero-order valence-electron chi connectivity index (χ0n) is 22.4. The van der Waals surface area contributed by atoms with Crippen molar-refractivity contribution in [2.24, 2.45) is 0 Å². The van der Waals surface area contributed by atoms with Crippen LogP contribution in [0.5, 0.6) is 5.75 Å². The lowest BCUT2D eigenvalue weighted by Crippen LogP contribution is -2.08. The van der Waals surface area contributed by atoms with E-state index >= 15 is 0 Å². The maximum atomic E-state index is 12.7. The quantitative estimate of drug-likeness (QED) is 0.105. The van der Waals surface area contributed by atoms with Crippen LogP contribution >= 0.6 is 0 Å². The van der Waals surface area contributed by atoms with E-state index in [2.05, 4.69) is 33.8 Å². The number of esters is 1. The summed E-state index contributed by atoms with van der Waals surface area (Å²) >= 11 is 0. The van der Waals surface area contributed by atoms with Crippen molar-refractivity contribution < 1.29 is 9.53 Å². The molecule has 38 heavy (non-hydrogen) atoms.